The highest BCUT2D eigenvalue weighted by atomic mass is 28.3. The van der Waals surface area contributed by atoms with E-state index in [1.165, 1.54) is 24.4 Å². The number of benzene rings is 1. The van der Waals surface area contributed by atoms with E-state index in [1.54, 1.807) is 5.20 Å². The Hall–Kier alpha value is -0.863. The lowest BCUT2D eigenvalue weighted by Gasteiger charge is -2.22. The van der Waals surface area contributed by atoms with Crippen molar-refractivity contribution >= 4 is 14.2 Å². The Labute approximate surface area is 105 Å². The molecule has 2 bridgehead atoms. The molecule has 1 fully saturated rings. The van der Waals surface area contributed by atoms with Crippen LogP contribution < -0.4 is 5.19 Å². The van der Waals surface area contributed by atoms with Gasteiger partial charge in [0.15, 0.2) is 0 Å². The molecule has 0 saturated heterocycles. The third-order valence-electron chi connectivity index (χ3n) is 4.11. The summed E-state index contributed by atoms with van der Waals surface area (Å²) in [5.41, 5.74) is 0. The molecular formula is C15H20OSi. The van der Waals surface area contributed by atoms with E-state index in [2.05, 4.69) is 43.3 Å². The van der Waals surface area contributed by atoms with Gasteiger partial charge in [0.1, 0.15) is 0 Å². The molecule has 1 nitrogen and oxygen atoms in total. The van der Waals surface area contributed by atoms with Crippen molar-refractivity contribution in [1.29, 1.82) is 0 Å². The number of fused-ring (bicyclic) bond motifs is 2. The van der Waals surface area contributed by atoms with E-state index >= 15 is 0 Å². The Balaban J connectivity index is 1.88. The Kier molecular flexibility index (Phi) is 3.17. The molecule has 0 aliphatic heterocycles. The molecule has 1 aromatic carbocycles. The maximum Gasteiger partial charge on any atom is 0.235 e. The number of hydrogen-bond donors (Lipinski definition) is 0. The van der Waals surface area contributed by atoms with E-state index in [4.69, 9.17) is 4.43 Å². The van der Waals surface area contributed by atoms with Crippen LogP contribution in [0.2, 0.25) is 0 Å². The predicted octanol–water partition coefficient (Wildman–Crippen LogP) is 2.55. The fourth-order valence-corrected chi connectivity index (χ4v) is 6.21. The van der Waals surface area contributed by atoms with Crippen molar-refractivity contribution in [3.63, 3.8) is 0 Å². The third kappa shape index (κ3) is 2.12. The van der Waals surface area contributed by atoms with Crippen LogP contribution in [-0.4, -0.2) is 15.6 Å². The van der Waals surface area contributed by atoms with Crippen molar-refractivity contribution in [3.8, 4) is 0 Å². The predicted molar refractivity (Wildman–Crippen MR) is 73.8 cm³/mol. The number of hydrogen-bond acceptors (Lipinski definition) is 1. The summed E-state index contributed by atoms with van der Waals surface area (Å²) in [6, 6.07) is 10.9. The van der Waals surface area contributed by atoms with Gasteiger partial charge in [-0.25, -0.2) is 0 Å². The fraction of sp³-hybridized carbons (Fsp3) is 0.467. The van der Waals surface area contributed by atoms with Crippen molar-refractivity contribution in [1.82, 2.24) is 0 Å². The summed E-state index contributed by atoms with van der Waals surface area (Å²) in [6.07, 6.45) is 6.77. The number of rotatable bonds is 4. The lowest BCUT2D eigenvalue weighted by Crippen LogP contribution is -2.37. The molecule has 0 heterocycles. The zero-order valence-electron chi connectivity index (χ0n) is 10.4. The van der Waals surface area contributed by atoms with Gasteiger partial charge in [-0.2, -0.15) is 0 Å². The van der Waals surface area contributed by atoms with Gasteiger partial charge in [-0.1, -0.05) is 41.6 Å². The summed E-state index contributed by atoms with van der Waals surface area (Å²) in [6.45, 7) is 2.97. The summed E-state index contributed by atoms with van der Waals surface area (Å²) in [5.74, 6) is 1.72. The molecular weight excluding hydrogens is 224 g/mol. The highest BCUT2D eigenvalue weighted by Crippen LogP contribution is 2.44. The minimum atomic E-state index is -1.33. The molecule has 3 unspecified atom stereocenters. The van der Waals surface area contributed by atoms with E-state index in [-0.39, 0.29) is 0 Å². The first-order chi connectivity index (χ1) is 8.38. The smallest absolute Gasteiger partial charge is 0.235 e. The van der Waals surface area contributed by atoms with Crippen LogP contribution in [-0.2, 0) is 4.43 Å². The summed E-state index contributed by atoms with van der Waals surface area (Å²) >= 11 is 0. The second kappa shape index (κ2) is 4.79. The monoisotopic (exact) mass is 244 g/mol. The standard InChI is InChI=1S/C15H20OSi/c1-2-16-17(14-6-4-3-5-7-14)15-11-12-8-9-13(15)10-12/h3-7,11-13,17H,2,8-10H2,1H3. The summed E-state index contributed by atoms with van der Waals surface area (Å²) < 4.78 is 6.14. The maximum absolute atomic E-state index is 6.14. The Morgan fingerprint density at radius 3 is 2.65 bits per heavy atom. The zero-order valence-corrected chi connectivity index (χ0v) is 11.6. The van der Waals surface area contributed by atoms with Crippen molar-refractivity contribution in [3.05, 3.63) is 41.6 Å². The SMILES string of the molecule is CCO[SiH](C1=CC2CCC1C2)c1ccccc1. The summed E-state index contributed by atoms with van der Waals surface area (Å²) in [7, 11) is -1.33. The van der Waals surface area contributed by atoms with E-state index in [1.807, 2.05) is 0 Å². The Morgan fingerprint density at radius 1 is 1.24 bits per heavy atom. The molecule has 2 aliphatic carbocycles. The Morgan fingerprint density at radius 2 is 2.06 bits per heavy atom. The fourth-order valence-electron chi connectivity index (χ4n) is 3.36. The second-order valence-electron chi connectivity index (χ2n) is 5.18. The van der Waals surface area contributed by atoms with Gasteiger partial charge in [-0.15, -0.1) is 0 Å². The van der Waals surface area contributed by atoms with Crippen LogP contribution in [0.3, 0.4) is 0 Å². The molecule has 0 spiro atoms. The normalized spacial score (nSPS) is 28.2. The lowest BCUT2D eigenvalue weighted by atomic mass is 10.1. The minimum absolute atomic E-state index is 0.848. The molecule has 0 amide bonds. The van der Waals surface area contributed by atoms with Crippen LogP contribution in [0.15, 0.2) is 41.6 Å². The van der Waals surface area contributed by atoms with Crippen molar-refractivity contribution in [2.75, 3.05) is 6.61 Å². The third-order valence-corrected chi connectivity index (χ3v) is 7.04. The van der Waals surface area contributed by atoms with Crippen LogP contribution in [0.1, 0.15) is 26.2 Å². The molecule has 2 aliphatic rings. The van der Waals surface area contributed by atoms with Gasteiger partial charge < -0.3 is 4.43 Å². The molecule has 2 heteroatoms. The zero-order chi connectivity index (χ0) is 11.7. The van der Waals surface area contributed by atoms with E-state index in [9.17, 15) is 0 Å². The van der Waals surface area contributed by atoms with E-state index in [0.29, 0.717) is 0 Å². The topological polar surface area (TPSA) is 9.23 Å². The molecule has 3 atom stereocenters. The molecule has 90 valence electrons. The Bertz CT molecular complexity index is 412. The number of allylic oxidation sites excluding steroid dienone is 2. The van der Waals surface area contributed by atoms with Crippen LogP contribution in [0.5, 0.6) is 0 Å². The quantitative estimate of drug-likeness (QED) is 0.740. The van der Waals surface area contributed by atoms with Gasteiger partial charge in [-0.05, 0) is 43.2 Å². The first-order valence-electron chi connectivity index (χ1n) is 6.76. The van der Waals surface area contributed by atoms with Gasteiger partial charge in [0.2, 0.25) is 9.04 Å². The van der Waals surface area contributed by atoms with Gasteiger partial charge in [0.05, 0.1) is 0 Å². The molecule has 17 heavy (non-hydrogen) atoms. The summed E-state index contributed by atoms with van der Waals surface area (Å²) in [4.78, 5) is 0. The average molecular weight is 244 g/mol. The largest absolute Gasteiger partial charge is 0.412 e. The second-order valence-corrected chi connectivity index (χ2v) is 7.61. The minimum Gasteiger partial charge on any atom is -0.412 e. The summed E-state index contributed by atoms with van der Waals surface area (Å²) in [5, 5.41) is 3.14. The first kappa shape index (κ1) is 11.2. The van der Waals surface area contributed by atoms with Crippen molar-refractivity contribution in [2.45, 2.75) is 26.2 Å². The van der Waals surface area contributed by atoms with Crippen LogP contribution in [0, 0.1) is 11.8 Å². The van der Waals surface area contributed by atoms with Crippen LogP contribution in [0.25, 0.3) is 0 Å². The molecule has 1 saturated carbocycles. The first-order valence-corrected chi connectivity index (χ1v) is 8.39. The molecule has 0 radical (unpaired) electrons. The average Bonchev–Trinajstić information content (AvgIpc) is 2.99. The van der Waals surface area contributed by atoms with Crippen LogP contribution >= 0.6 is 0 Å². The van der Waals surface area contributed by atoms with Gasteiger partial charge in [-0.3, -0.25) is 0 Å². The maximum atomic E-state index is 6.14. The van der Waals surface area contributed by atoms with Gasteiger partial charge in [0.25, 0.3) is 0 Å². The van der Waals surface area contributed by atoms with Gasteiger partial charge >= 0.3 is 0 Å². The molecule has 0 N–H and O–H groups in total. The molecule has 0 aromatic heterocycles. The highest BCUT2D eigenvalue weighted by molar-refractivity contribution is 6.74. The van der Waals surface area contributed by atoms with Crippen LogP contribution in [0.4, 0.5) is 0 Å². The lowest BCUT2D eigenvalue weighted by molar-refractivity contribution is 0.352. The van der Waals surface area contributed by atoms with Crippen molar-refractivity contribution in [2.24, 2.45) is 11.8 Å². The highest BCUT2D eigenvalue weighted by Gasteiger charge is 2.37. The van der Waals surface area contributed by atoms with Crippen molar-refractivity contribution < 1.29 is 4.43 Å². The molecule has 1 aromatic rings. The van der Waals surface area contributed by atoms with E-state index in [0.717, 1.165) is 18.4 Å². The van der Waals surface area contributed by atoms with Gasteiger partial charge in [0, 0.05) is 6.61 Å². The molecule has 3 rings (SSSR count). The van der Waals surface area contributed by atoms with E-state index < -0.39 is 9.04 Å².